The quantitative estimate of drug-likeness (QED) is 0.793. The Balaban J connectivity index is 2.15. The van der Waals surface area contributed by atoms with Crippen LogP contribution in [0.15, 0.2) is 0 Å². The third-order valence-corrected chi connectivity index (χ3v) is 5.08. The first kappa shape index (κ1) is 15.6. The molecule has 0 N–H and O–H groups in total. The van der Waals surface area contributed by atoms with Crippen molar-refractivity contribution in [2.45, 2.75) is 59.4 Å². The highest BCUT2D eigenvalue weighted by atomic mass is 32.1. The van der Waals surface area contributed by atoms with Crippen LogP contribution in [-0.2, 0) is 12.0 Å². The van der Waals surface area contributed by atoms with Crippen LogP contribution in [0.5, 0.6) is 0 Å². The molecule has 112 valence electrons. The lowest BCUT2D eigenvalue weighted by atomic mass is 9.91. The number of likely N-dealkylation sites (tertiary alicyclic amines) is 1. The molecule has 0 aromatic carbocycles. The van der Waals surface area contributed by atoms with Gasteiger partial charge in [-0.2, -0.15) is 0 Å². The van der Waals surface area contributed by atoms with Crippen molar-refractivity contribution in [3.8, 4) is 0 Å². The Morgan fingerprint density at radius 3 is 2.40 bits per heavy atom. The minimum absolute atomic E-state index is 0.0633. The van der Waals surface area contributed by atoms with Crippen molar-refractivity contribution >= 4 is 17.1 Å². The third kappa shape index (κ3) is 3.67. The summed E-state index contributed by atoms with van der Waals surface area (Å²) in [5.74, 6) is 0.992. The number of hydrogen-bond donors (Lipinski definition) is 0. The van der Waals surface area contributed by atoms with Crippen molar-refractivity contribution in [3.05, 3.63) is 15.6 Å². The molecule has 3 nitrogen and oxygen atoms in total. The van der Waals surface area contributed by atoms with Crippen LogP contribution in [0.25, 0.3) is 0 Å². The normalized spacial score (nSPS) is 18.4. The zero-order valence-corrected chi connectivity index (χ0v) is 14.1. The molecule has 4 heteroatoms. The standard InChI is InChI=1S/C16H26N2OS/c1-11-6-8-18(9-7-11)10-13-17-15(16(3,4)5)14(20-13)12(2)19/h11H,6-10H2,1-5H3. The van der Waals surface area contributed by atoms with Crippen molar-refractivity contribution in [3.63, 3.8) is 0 Å². The number of thiazole rings is 1. The van der Waals surface area contributed by atoms with E-state index in [1.54, 1.807) is 18.3 Å². The molecule has 0 aliphatic carbocycles. The van der Waals surface area contributed by atoms with Gasteiger partial charge in [0.2, 0.25) is 0 Å². The van der Waals surface area contributed by atoms with Gasteiger partial charge in [-0.3, -0.25) is 9.69 Å². The molecule has 0 spiro atoms. The van der Waals surface area contributed by atoms with Crippen LogP contribution in [0, 0.1) is 5.92 Å². The molecular weight excluding hydrogens is 268 g/mol. The summed E-state index contributed by atoms with van der Waals surface area (Å²) in [6.07, 6.45) is 2.55. The summed E-state index contributed by atoms with van der Waals surface area (Å²) < 4.78 is 0. The summed E-state index contributed by atoms with van der Waals surface area (Å²) in [5.41, 5.74) is 0.905. The van der Waals surface area contributed by atoms with E-state index in [9.17, 15) is 4.79 Å². The fraction of sp³-hybridized carbons (Fsp3) is 0.750. The Morgan fingerprint density at radius 2 is 1.95 bits per heavy atom. The minimum atomic E-state index is -0.0633. The van der Waals surface area contributed by atoms with Gasteiger partial charge in [0.25, 0.3) is 0 Å². The molecule has 1 aliphatic rings. The Hall–Kier alpha value is -0.740. The molecule has 0 saturated carbocycles. The lowest BCUT2D eigenvalue weighted by molar-refractivity contribution is 0.101. The summed E-state index contributed by atoms with van der Waals surface area (Å²) in [6.45, 7) is 13.6. The van der Waals surface area contributed by atoms with Crippen LogP contribution in [0.4, 0.5) is 0 Å². The van der Waals surface area contributed by atoms with Gasteiger partial charge in [0.05, 0.1) is 17.1 Å². The molecule has 0 atom stereocenters. The number of nitrogens with zero attached hydrogens (tertiary/aromatic N) is 2. The molecule has 2 rings (SSSR count). The average molecular weight is 294 g/mol. The highest BCUT2D eigenvalue weighted by Gasteiger charge is 2.26. The molecule has 1 aliphatic heterocycles. The number of piperidine rings is 1. The van der Waals surface area contributed by atoms with Crippen molar-refractivity contribution in [1.29, 1.82) is 0 Å². The molecule has 1 aromatic heterocycles. The maximum absolute atomic E-state index is 11.8. The second kappa shape index (κ2) is 5.94. The highest BCUT2D eigenvalue weighted by molar-refractivity contribution is 7.13. The number of rotatable bonds is 3. The fourth-order valence-electron chi connectivity index (χ4n) is 2.59. The summed E-state index contributed by atoms with van der Waals surface area (Å²) in [6, 6.07) is 0. The van der Waals surface area contributed by atoms with Crippen molar-refractivity contribution in [1.82, 2.24) is 9.88 Å². The first-order valence-electron chi connectivity index (χ1n) is 7.51. The lowest BCUT2D eigenvalue weighted by Crippen LogP contribution is -2.32. The van der Waals surface area contributed by atoms with Crippen LogP contribution in [0.1, 0.15) is 67.8 Å². The minimum Gasteiger partial charge on any atom is -0.297 e. The van der Waals surface area contributed by atoms with Gasteiger partial charge in [0.15, 0.2) is 5.78 Å². The van der Waals surface area contributed by atoms with E-state index in [0.717, 1.165) is 41.1 Å². The van der Waals surface area contributed by atoms with Crippen LogP contribution in [0.3, 0.4) is 0 Å². The summed E-state index contributed by atoms with van der Waals surface area (Å²) in [7, 11) is 0. The van der Waals surface area contributed by atoms with Gasteiger partial charge in [-0.15, -0.1) is 11.3 Å². The largest absolute Gasteiger partial charge is 0.297 e. The molecule has 2 heterocycles. The fourth-order valence-corrected chi connectivity index (χ4v) is 3.80. The third-order valence-electron chi connectivity index (χ3n) is 3.94. The van der Waals surface area contributed by atoms with Crippen LogP contribution in [-0.4, -0.2) is 28.8 Å². The van der Waals surface area contributed by atoms with Crippen LogP contribution < -0.4 is 0 Å². The monoisotopic (exact) mass is 294 g/mol. The van der Waals surface area contributed by atoms with E-state index < -0.39 is 0 Å². The second-order valence-electron chi connectivity index (χ2n) is 7.05. The summed E-state index contributed by atoms with van der Waals surface area (Å²) in [4.78, 5) is 19.9. The molecule has 0 unspecified atom stereocenters. The van der Waals surface area contributed by atoms with E-state index in [2.05, 4.69) is 32.6 Å². The number of aromatic nitrogens is 1. The summed E-state index contributed by atoms with van der Waals surface area (Å²) in [5, 5.41) is 1.09. The molecule has 0 bridgehead atoms. The smallest absolute Gasteiger partial charge is 0.171 e. The number of hydrogen-bond acceptors (Lipinski definition) is 4. The second-order valence-corrected chi connectivity index (χ2v) is 8.13. The Morgan fingerprint density at radius 1 is 1.35 bits per heavy atom. The Labute approximate surface area is 126 Å². The topological polar surface area (TPSA) is 33.2 Å². The van der Waals surface area contributed by atoms with E-state index in [1.807, 2.05) is 0 Å². The van der Waals surface area contributed by atoms with E-state index in [1.165, 1.54) is 12.8 Å². The van der Waals surface area contributed by atoms with Crippen molar-refractivity contribution in [2.24, 2.45) is 5.92 Å². The van der Waals surface area contributed by atoms with Crippen molar-refractivity contribution < 1.29 is 4.79 Å². The SMILES string of the molecule is CC(=O)c1sc(CN2CCC(C)CC2)nc1C(C)(C)C. The van der Waals surface area contributed by atoms with Gasteiger partial charge in [0.1, 0.15) is 5.01 Å². The maximum atomic E-state index is 11.8. The lowest BCUT2D eigenvalue weighted by Gasteiger charge is -2.29. The number of carbonyl (C=O) groups is 1. The molecule has 0 radical (unpaired) electrons. The van der Waals surface area contributed by atoms with E-state index in [-0.39, 0.29) is 11.2 Å². The predicted octanol–water partition coefficient (Wildman–Crippen LogP) is 3.88. The van der Waals surface area contributed by atoms with Gasteiger partial charge in [-0.05, 0) is 31.8 Å². The van der Waals surface area contributed by atoms with Gasteiger partial charge in [-0.1, -0.05) is 27.7 Å². The van der Waals surface area contributed by atoms with Gasteiger partial charge in [0, 0.05) is 12.3 Å². The first-order valence-corrected chi connectivity index (χ1v) is 8.32. The van der Waals surface area contributed by atoms with E-state index in [0.29, 0.717) is 0 Å². The zero-order chi connectivity index (χ0) is 14.9. The van der Waals surface area contributed by atoms with Gasteiger partial charge >= 0.3 is 0 Å². The molecule has 1 fully saturated rings. The van der Waals surface area contributed by atoms with Crippen LogP contribution >= 0.6 is 11.3 Å². The predicted molar refractivity (Wildman–Crippen MR) is 84.5 cm³/mol. The number of Topliss-reactive ketones (excluding diaryl/α,β-unsaturated/α-hetero) is 1. The molecular formula is C16H26N2OS. The maximum Gasteiger partial charge on any atom is 0.171 e. The van der Waals surface area contributed by atoms with E-state index in [4.69, 9.17) is 4.98 Å². The summed E-state index contributed by atoms with van der Waals surface area (Å²) >= 11 is 1.59. The first-order chi connectivity index (χ1) is 9.27. The average Bonchev–Trinajstić information content (AvgIpc) is 2.76. The Kier molecular flexibility index (Phi) is 4.65. The highest BCUT2D eigenvalue weighted by Crippen LogP contribution is 2.31. The number of ketones is 1. The van der Waals surface area contributed by atoms with Crippen LogP contribution in [0.2, 0.25) is 0 Å². The van der Waals surface area contributed by atoms with E-state index >= 15 is 0 Å². The number of carbonyl (C=O) groups excluding carboxylic acids is 1. The van der Waals surface area contributed by atoms with Gasteiger partial charge in [-0.25, -0.2) is 4.98 Å². The molecule has 0 amide bonds. The van der Waals surface area contributed by atoms with Crippen molar-refractivity contribution in [2.75, 3.05) is 13.1 Å². The zero-order valence-electron chi connectivity index (χ0n) is 13.3. The Bertz CT molecular complexity index is 479. The molecule has 1 saturated heterocycles. The van der Waals surface area contributed by atoms with Gasteiger partial charge < -0.3 is 0 Å². The molecule has 20 heavy (non-hydrogen) atoms. The molecule has 1 aromatic rings.